The van der Waals surface area contributed by atoms with Crippen LogP contribution in [-0.2, 0) is 16.4 Å². The van der Waals surface area contributed by atoms with Gasteiger partial charge in [-0.2, -0.15) is 0 Å². The van der Waals surface area contributed by atoms with E-state index >= 15 is 0 Å². The number of nitro groups is 1. The van der Waals surface area contributed by atoms with E-state index in [1.807, 2.05) is 19.1 Å². The molecule has 22 heavy (non-hydrogen) atoms. The van der Waals surface area contributed by atoms with Crippen LogP contribution in [0.15, 0.2) is 47.4 Å². The molecule has 116 valence electrons. The van der Waals surface area contributed by atoms with E-state index in [-0.39, 0.29) is 10.6 Å². The van der Waals surface area contributed by atoms with Crippen LogP contribution in [-0.4, -0.2) is 13.3 Å². The van der Waals surface area contributed by atoms with Gasteiger partial charge in [0.15, 0.2) is 0 Å². The summed E-state index contributed by atoms with van der Waals surface area (Å²) >= 11 is 0. The van der Waals surface area contributed by atoms with E-state index in [4.69, 9.17) is 0 Å². The highest BCUT2D eigenvalue weighted by atomic mass is 32.2. The quantitative estimate of drug-likeness (QED) is 0.676. The van der Waals surface area contributed by atoms with Gasteiger partial charge >= 0.3 is 0 Å². The SMILES string of the molecule is CCc1ccc(NS(=O)(=O)c2cc([N+](=O)[O-])ccc2C)cc1. The van der Waals surface area contributed by atoms with Crippen LogP contribution in [0.4, 0.5) is 11.4 Å². The molecule has 0 fully saturated rings. The van der Waals surface area contributed by atoms with Gasteiger partial charge < -0.3 is 0 Å². The van der Waals surface area contributed by atoms with Crippen molar-refractivity contribution in [2.75, 3.05) is 4.72 Å². The maximum atomic E-state index is 12.4. The van der Waals surface area contributed by atoms with Crippen LogP contribution >= 0.6 is 0 Å². The highest BCUT2D eigenvalue weighted by molar-refractivity contribution is 7.92. The molecule has 0 bridgehead atoms. The minimum Gasteiger partial charge on any atom is -0.280 e. The van der Waals surface area contributed by atoms with Crippen LogP contribution in [0.25, 0.3) is 0 Å². The Labute approximate surface area is 129 Å². The molecule has 1 N–H and O–H groups in total. The van der Waals surface area contributed by atoms with E-state index in [1.165, 1.54) is 12.1 Å². The van der Waals surface area contributed by atoms with Gasteiger partial charge in [-0.15, -0.1) is 0 Å². The van der Waals surface area contributed by atoms with Gasteiger partial charge in [-0.3, -0.25) is 14.8 Å². The third kappa shape index (κ3) is 3.43. The van der Waals surface area contributed by atoms with Crippen LogP contribution in [0, 0.1) is 17.0 Å². The topological polar surface area (TPSA) is 89.3 Å². The van der Waals surface area contributed by atoms with Crippen molar-refractivity contribution < 1.29 is 13.3 Å². The highest BCUT2D eigenvalue weighted by Gasteiger charge is 2.20. The lowest BCUT2D eigenvalue weighted by molar-refractivity contribution is -0.385. The smallest absolute Gasteiger partial charge is 0.270 e. The predicted octanol–water partition coefficient (Wildman–Crippen LogP) is 3.27. The summed E-state index contributed by atoms with van der Waals surface area (Å²) in [6.45, 7) is 3.60. The summed E-state index contributed by atoms with van der Waals surface area (Å²) in [6.07, 6.45) is 0.858. The Morgan fingerprint density at radius 2 is 1.77 bits per heavy atom. The molecule has 0 aliphatic heterocycles. The van der Waals surface area contributed by atoms with Crippen molar-refractivity contribution in [3.8, 4) is 0 Å². The largest absolute Gasteiger partial charge is 0.280 e. The number of sulfonamides is 1. The minimum absolute atomic E-state index is 0.0960. The molecule has 2 rings (SSSR count). The summed E-state index contributed by atoms with van der Waals surface area (Å²) in [7, 11) is -3.87. The maximum Gasteiger partial charge on any atom is 0.270 e. The lowest BCUT2D eigenvalue weighted by Gasteiger charge is -2.10. The van der Waals surface area contributed by atoms with E-state index < -0.39 is 14.9 Å². The molecule has 2 aromatic carbocycles. The van der Waals surface area contributed by atoms with Crippen molar-refractivity contribution in [3.05, 3.63) is 63.7 Å². The lowest BCUT2D eigenvalue weighted by Crippen LogP contribution is -2.14. The second-order valence-corrected chi connectivity index (χ2v) is 6.51. The minimum atomic E-state index is -3.87. The Morgan fingerprint density at radius 3 is 2.32 bits per heavy atom. The van der Waals surface area contributed by atoms with Gasteiger partial charge in [0, 0.05) is 17.8 Å². The zero-order valence-corrected chi connectivity index (χ0v) is 13.1. The van der Waals surface area contributed by atoms with Crippen LogP contribution in [0.3, 0.4) is 0 Å². The average molecular weight is 320 g/mol. The Bertz CT molecular complexity index is 799. The molecule has 0 saturated carbocycles. The third-order valence-corrected chi connectivity index (χ3v) is 4.81. The summed E-state index contributed by atoms with van der Waals surface area (Å²) in [6, 6.07) is 10.8. The summed E-state index contributed by atoms with van der Waals surface area (Å²) in [4.78, 5) is 10.1. The Morgan fingerprint density at radius 1 is 1.14 bits per heavy atom. The Balaban J connectivity index is 2.37. The molecule has 0 aliphatic carbocycles. The summed E-state index contributed by atoms with van der Waals surface area (Å²) in [5.41, 5.74) is 1.70. The van der Waals surface area contributed by atoms with Gasteiger partial charge in [0.25, 0.3) is 15.7 Å². The predicted molar refractivity (Wildman–Crippen MR) is 84.5 cm³/mol. The van der Waals surface area contributed by atoms with Crippen LogP contribution in [0.2, 0.25) is 0 Å². The summed E-state index contributed by atoms with van der Waals surface area (Å²) < 4.78 is 27.3. The zero-order valence-electron chi connectivity index (χ0n) is 12.2. The fourth-order valence-corrected chi connectivity index (χ4v) is 3.33. The third-order valence-electron chi connectivity index (χ3n) is 3.29. The van der Waals surface area contributed by atoms with E-state index in [1.54, 1.807) is 19.1 Å². The van der Waals surface area contributed by atoms with Gasteiger partial charge in [-0.05, 0) is 36.6 Å². The van der Waals surface area contributed by atoms with Crippen LogP contribution in [0.1, 0.15) is 18.1 Å². The Kier molecular flexibility index (Phi) is 4.46. The van der Waals surface area contributed by atoms with E-state index in [9.17, 15) is 18.5 Å². The monoisotopic (exact) mass is 320 g/mol. The number of benzene rings is 2. The number of nitrogens with zero attached hydrogens (tertiary/aromatic N) is 1. The number of nitro benzene ring substituents is 1. The number of anilines is 1. The van der Waals surface area contributed by atoms with Crippen molar-refractivity contribution in [3.63, 3.8) is 0 Å². The van der Waals surface area contributed by atoms with Crippen molar-refractivity contribution >= 4 is 21.4 Å². The fourth-order valence-electron chi connectivity index (χ4n) is 2.01. The van der Waals surface area contributed by atoms with Gasteiger partial charge in [-0.25, -0.2) is 8.42 Å². The molecule has 0 aliphatic rings. The first kappa shape index (κ1) is 16.0. The molecule has 0 atom stereocenters. The van der Waals surface area contributed by atoms with Gasteiger partial charge in [0.05, 0.1) is 9.82 Å². The van der Waals surface area contributed by atoms with Gasteiger partial charge in [0.2, 0.25) is 0 Å². The molecule has 0 heterocycles. The molecular weight excluding hydrogens is 304 g/mol. The molecule has 2 aromatic rings. The molecule has 6 nitrogen and oxygen atoms in total. The normalized spacial score (nSPS) is 11.2. The molecule has 0 saturated heterocycles. The van der Waals surface area contributed by atoms with Crippen molar-refractivity contribution in [1.82, 2.24) is 0 Å². The number of nitrogens with one attached hydrogen (secondary N) is 1. The van der Waals surface area contributed by atoms with E-state index in [0.717, 1.165) is 18.1 Å². The average Bonchev–Trinajstić information content (AvgIpc) is 2.47. The summed E-state index contributed by atoms with van der Waals surface area (Å²) in [5, 5.41) is 10.8. The number of aryl methyl sites for hydroxylation is 2. The second kappa shape index (κ2) is 6.15. The van der Waals surface area contributed by atoms with Crippen molar-refractivity contribution in [2.24, 2.45) is 0 Å². The van der Waals surface area contributed by atoms with Gasteiger partial charge in [0.1, 0.15) is 0 Å². The molecule has 7 heteroatoms. The molecule has 0 amide bonds. The first-order valence-corrected chi connectivity index (χ1v) is 8.18. The lowest BCUT2D eigenvalue weighted by atomic mass is 10.2. The number of non-ortho nitro benzene ring substituents is 1. The molecule has 0 spiro atoms. The standard InChI is InChI=1S/C15H16N2O4S/c1-3-12-5-7-13(8-6-12)16-22(20,21)15-10-14(17(18)19)9-4-11(15)2/h4-10,16H,3H2,1-2H3. The Hall–Kier alpha value is -2.41. The van der Waals surface area contributed by atoms with E-state index in [0.29, 0.717) is 11.3 Å². The number of hydrogen-bond acceptors (Lipinski definition) is 4. The molecule has 0 unspecified atom stereocenters. The molecule has 0 radical (unpaired) electrons. The fraction of sp³-hybridized carbons (Fsp3) is 0.200. The first-order valence-electron chi connectivity index (χ1n) is 6.70. The highest BCUT2D eigenvalue weighted by Crippen LogP contribution is 2.24. The summed E-state index contributed by atoms with van der Waals surface area (Å²) in [5.74, 6) is 0. The van der Waals surface area contributed by atoms with Gasteiger partial charge in [-0.1, -0.05) is 25.1 Å². The second-order valence-electron chi connectivity index (χ2n) is 4.86. The zero-order chi connectivity index (χ0) is 16.3. The van der Waals surface area contributed by atoms with Crippen LogP contribution in [0.5, 0.6) is 0 Å². The molecule has 0 aromatic heterocycles. The first-order chi connectivity index (χ1) is 10.3. The maximum absolute atomic E-state index is 12.4. The molecular formula is C15H16N2O4S. The van der Waals surface area contributed by atoms with Crippen molar-refractivity contribution in [1.29, 1.82) is 0 Å². The van der Waals surface area contributed by atoms with Crippen LogP contribution < -0.4 is 4.72 Å². The van der Waals surface area contributed by atoms with Crippen molar-refractivity contribution in [2.45, 2.75) is 25.2 Å². The van der Waals surface area contributed by atoms with E-state index in [2.05, 4.69) is 4.72 Å². The number of rotatable bonds is 5. The number of hydrogen-bond donors (Lipinski definition) is 1.